The maximum Gasteiger partial charge on any atom is 0.488 e. The van der Waals surface area contributed by atoms with Gasteiger partial charge in [0.05, 0.1) is 0 Å². The Bertz CT molecular complexity index is 646. The Morgan fingerprint density at radius 2 is 1.05 bits per heavy atom. The van der Waals surface area contributed by atoms with Crippen molar-refractivity contribution >= 4 is 60.5 Å². The van der Waals surface area contributed by atoms with Gasteiger partial charge in [-0.05, 0) is 34.2 Å². The molecule has 0 saturated heterocycles. The van der Waals surface area contributed by atoms with E-state index in [1.54, 1.807) is 36.4 Å². The zero-order valence-electron chi connectivity index (χ0n) is 11.3. The minimum Gasteiger partial charge on any atom is -0.423 e. The summed E-state index contributed by atoms with van der Waals surface area (Å²) in [5.74, 6) is 0. The number of hydrogen-bond acceptors (Lipinski definition) is 4. The number of rotatable bonds is 4. The molecule has 0 spiro atoms. The van der Waals surface area contributed by atoms with E-state index in [1.807, 2.05) is 0 Å². The van der Waals surface area contributed by atoms with Crippen LogP contribution in [0.2, 0.25) is 10.0 Å². The van der Waals surface area contributed by atoms with Crippen molar-refractivity contribution in [3.8, 4) is 0 Å². The van der Waals surface area contributed by atoms with Crippen LogP contribution in [0.15, 0.2) is 36.4 Å². The molecule has 4 N–H and O–H groups in total. The van der Waals surface area contributed by atoms with E-state index in [1.165, 1.54) is 12.1 Å². The highest BCUT2D eigenvalue weighted by molar-refractivity contribution is 6.59. The molecule has 22 heavy (non-hydrogen) atoms. The highest BCUT2D eigenvalue weighted by atomic mass is 35.5. The fourth-order valence-corrected chi connectivity index (χ4v) is 2.36. The van der Waals surface area contributed by atoms with Crippen molar-refractivity contribution < 1.29 is 20.1 Å². The van der Waals surface area contributed by atoms with Crippen molar-refractivity contribution in [2.24, 2.45) is 0 Å². The van der Waals surface area contributed by atoms with Gasteiger partial charge < -0.3 is 20.1 Å². The monoisotopic (exact) mass is 336 g/mol. The van der Waals surface area contributed by atoms with Gasteiger partial charge in [-0.15, -0.1) is 0 Å². The number of benzene rings is 2. The maximum absolute atomic E-state index is 9.07. The first-order chi connectivity index (χ1) is 10.4. The van der Waals surface area contributed by atoms with E-state index in [0.717, 1.165) is 0 Å². The molecule has 0 radical (unpaired) electrons. The van der Waals surface area contributed by atoms with Crippen LogP contribution < -0.4 is 10.9 Å². The molecule has 0 aliphatic rings. The second kappa shape index (κ2) is 7.33. The van der Waals surface area contributed by atoms with Gasteiger partial charge >= 0.3 is 14.2 Å². The van der Waals surface area contributed by atoms with Gasteiger partial charge in [-0.25, -0.2) is 0 Å². The van der Waals surface area contributed by atoms with Gasteiger partial charge in [0.1, 0.15) is 0 Å². The van der Waals surface area contributed by atoms with Gasteiger partial charge in [-0.1, -0.05) is 59.6 Å². The summed E-state index contributed by atoms with van der Waals surface area (Å²) >= 11 is 12.1. The molecule has 0 unspecified atom stereocenters. The lowest BCUT2D eigenvalue weighted by Crippen LogP contribution is -2.29. The molecule has 0 heterocycles. The van der Waals surface area contributed by atoms with Gasteiger partial charge in [0, 0.05) is 10.0 Å². The largest absolute Gasteiger partial charge is 0.488 e. The summed E-state index contributed by atoms with van der Waals surface area (Å²) in [6.07, 6.45) is 3.46. The van der Waals surface area contributed by atoms with Crippen LogP contribution in [0, 0.1) is 0 Å². The summed E-state index contributed by atoms with van der Waals surface area (Å²) in [7, 11) is -3.13. The summed E-state index contributed by atoms with van der Waals surface area (Å²) < 4.78 is 0. The molecule has 112 valence electrons. The number of hydrogen-bond donors (Lipinski definition) is 4. The Kier molecular flexibility index (Phi) is 5.69. The lowest BCUT2D eigenvalue weighted by molar-refractivity contribution is 0.424. The minimum absolute atomic E-state index is 0.307. The highest BCUT2D eigenvalue weighted by Crippen LogP contribution is 2.20. The zero-order chi connectivity index (χ0) is 16.3. The SMILES string of the molecule is OB(O)c1ccc(C=Cc2ccc(B(O)O)cc2Cl)c(Cl)c1. The molecular formula is C14H12B2Cl2O4. The molecule has 0 fully saturated rings. The molecule has 0 aliphatic carbocycles. The summed E-state index contributed by atoms with van der Waals surface area (Å²) in [5.41, 5.74) is 1.99. The van der Waals surface area contributed by atoms with Crippen molar-refractivity contribution in [1.82, 2.24) is 0 Å². The van der Waals surface area contributed by atoms with E-state index in [4.69, 9.17) is 43.3 Å². The number of halogens is 2. The molecular weight excluding hydrogens is 325 g/mol. The van der Waals surface area contributed by atoms with Crippen LogP contribution in [-0.2, 0) is 0 Å². The first-order valence-electron chi connectivity index (χ1n) is 6.37. The predicted molar refractivity (Wildman–Crippen MR) is 91.5 cm³/mol. The van der Waals surface area contributed by atoms with Gasteiger partial charge in [-0.3, -0.25) is 0 Å². The minimum atomic E-state index is -1.57. The van der Waals surface area contributed by atoms with Crippen molar-refractivity contribution in [3.05, 3.63) is 57.6 Å². The van der Waals surface area contributed by atoms with Crippen LogP contribution in [0.3, 0.4) is 0 Å². The van der Waals surface area contributed by atoms with E-state index >= 15 is 0 Å². The first-order valence-corrected chi connectivity index (χ1v) is 7.13. The lowest BCUT2D eigenvalue weighted by atomic mass is 9.80. The quantitative estimate of drug-likeness (QED) is 0.485. The van der Waals surface area contributed by atoms with Crippen molar-refractivity contribution in [1.29, 1.82) is 0 Å². The summed E-state index contributed by atoms with van der Waals surface area (Å²) in [6.45, 7) is 0. The molecule has 0 atom stereocenters. The molecule has 2 aromatic carbocycles. The van der Waals surface area contributed by atoms with Gasteiger partial charge in [-0.2, -0.15) is 0 Å². The third-order valence-electron chi connectivity index (χ3n) is 3.09. The van der Waals surface area contributed by atoms with E-state index in [2.05, 4.69) is 0 Å². The predicted octanol–water partition coefficient (Wildman–Crippen LogP) is 0.523. The van der Waals surface area contributed by atoms with Gasteiger partial charge in [0.15, 0.2) is 0 Å². The van der Waals surface area contributed by atoms with E-state index in [0.29, 0.717) is 32.1 Å². The van der Waals surface area contributed by atoms with Crippen LogP contribution in [0.5, 0.6) is 0 Å². The molecule has 0 amide bonds. The first kappa shape index (κ1) is 17.1. The Morgan fingerprint density at radius 1 is 0.682 bits per heavy atom. The van der Waals surface area contributed by atoms with Gasteiger partial charge in [0.25, 0.3) is 0 Å². The molecule has 0 saturated carbocycles. The molecule has 0 aromatic heterocycles. The fourth-order valence-electron chi connectivity index (χ4n) is 1.86. The Morgan fingerprint density at radius 3 is 1.32 bits per heavy atom. The smallest absolute Gasteiger partial charge is 0.423 e. The van der Waals surface area contributed by atoms with E-state index in [-0.39, 0.29) is 0 Å². The Labute approximate surface area is 138 Å². The average molecular weight is 337 g/mol. The summed E-state index contributed by atoms with van der Waals surface area (Å²) in [5, 5.41) is 37.0. The molecule has 0 bridgehead atoms. The van der Waals surface area contributed by atoms with Crippen LogP contribution in [0.1, 0.15) is 11.1 Å². The fraction of sp³-hybridized carbons (Fsp3) is 0. The third kappa shape index (κ3) is 4.14. The molecule has 2 aromatic rings. The molecule has 8 heteroatoms. The topological polar surface area (TPSA) is 80.9 Å². The Hall–Kier alpha value is -1.27. The van der Waals surface area contributed by atoms with Crippen LogP contribution in [0.25, 0.3) is 12.2 Å². The Balaban J connectivity index is 2.25. The van der Waals surface area contributed by atoms with Gasteiger partial charge in [0.2, 0.25) is 0 Å². The molecule has 4 nitrogen and oxygen atoms in total. The summed E-state index contributed by atoms with van der Waals surface area (Å²) in [6, 6.07) is 9.38. The average Bonchev–Trinajstić information content (AvgIpc) is 2.46. The van der Waals surface area contributed by atoms with Crippen LogP contribution in [0.4, 0.5) is 0 Å². The second-order valence-corrected chi connectivity index (χ2v) is 5.46. The lowest BCUT2D eigenvalue weighted by Gasteiger charge is -2.05. The summed E-state index contributed by atoms with van der Waals surface area (Å²) in [4.78, 5) is 0. The van der Waals surface area contributed by atoms with Crippen molar-refractivity contribution in [2.45, 2.75) is 0 Å². The molecule has 2 rings (SSSR count). The van der Waals surface area contributed by atoms with Crippen molar-refractivity contribution in [2.75, 3.05) is 0 Å². The zero-order valence-corrected chi connectivity index (χ0v) is 12.8. The highest BCUT2D eigenvalue weighted by Gasteiger charge is 2.13. The van der Waals surface area contributed by atoms with Crippen LogP contribution in [-0.4, -0.2) is 34.3 Å². The maximum atomic E-state index is 9.07. The van der Waals surface area contributed by atoms with Crippen LogP contribution >= 0.6 is 23.2 Å². The molecule has 0 aliphatic heterocycles. The van der Waals surface area contributed by atoms with Crippen molar-refractivity contribution in [3.63, 3.8) is 0 Å². The third-order valence-corrected chi connectivity index (χ3v) is 3.74. The normalized spacial score (nSPS) is 11.0. The second-order valence-electron chi connectivity index (χ2n) is 4.64. The van der Waals surface area contributed by atoms with E-state index in [9.17, 15) is 0 Å². The standard InChI is InChI=1S/C14H12B2Cl2O4/c17-13-7-11(15(19)20)5-3-9(13)1-2-10-4-6-12(16(21)22)8-14(10)18/h1-8,19-22H. The van der Waals surface area contributed by atoms with E-state index < -0.39 is 14.2 Å².